The minimum absolute atomic E-state index is 0.778. The summed E-state index contributed by atoms with van der Waals surface area (Å²) in [7, 11) is 1.90. The Balaban J connectivity index is 2.54. The average molecular weight is 127 g/mol. The summed E-state index contributed by atoms with van der Waals surface area (Å²) in [6, 6.07) is 0. The molecule has 2 nitrogen and oxygen atoms in total. The summed E-state index contributed by atoms with van der Waals surface area (Å²) >= 11 is 0. The second kappa shape index (κ2) is 2.01. The van der Waals surface area contributed by atoms with Gasteiger partial charge < -0.3 is 0 Å². The van der Waals surface area contributed by atoms with Crippen LogP contribution in [0.4, 0.5) is 0 Å². The molecule has 0 radical (unpaired) electrons. The van der Waals surface area contributed by atoms with Gasteiger partial charge in [0.1, 0.15) is 0 Å². The zero-order chi connectivity index (χ0) is 7.02. The van der Waals surface area contributed by atoms with E-state index in [1.807, 2.05) is 7.05 Å². The van der Waals surface area contributed by atoms with E-state index in [9.17, 15) is 0 Å². The molecule has 0 heterocycles. The van der Waals surface area contributed by atoms with Crippen molar-refractivity contribution >= 4 is 5.71 Å². The monoisotopic (exact) mass is 127 g/mol. The van der Waals surface area contributed by atoms with Crippen molar-refractivity contribution in [1.29, 1.82) is 0 Å². The van der Waals surface area contributed by atoms with Gasteiger partial charge in [0.25, 0.3) is 0 Å². The summed E-state index contributed by atoms with van der Waals surface area (Å²) in [4.78, 5) is 0. The average Bonchev–Trinajstić information content (AvgIpc) is 2.44. The SMILES string of the molecule is CC(C1CC1C)=[N+](C)N. The van der Waals surface area contributed by atoms with Gasteiger partial charge in [-0.05, 0) is 12.3 Å². The predicted octanol–water partition coefficient (Wildman–Crippen LogP) is 0.619. The molecular weight excluding hydrogens is 112 g/mol. The van der Waals surface area contributed by atoms with Gasteiger partial charge in [-0.2, -0.15) is 0 Å². The van der Waals surface area contributed by atoms with Gasteiger partial charge >= 0.3 is 0 Å². The number of nitrogens with zero attached hydrogens (tertiary/aromatic N) is 1. The third-order valence-electron chi connectivity index (χ3n) is 2.20. The first-order chi connectivity index (χ1) is 4.13. The Kier molecular flexibility index (Phi) is 1.47. The molecule has 1 aliphatic carbocycles. The molecule has 0 aliphatic heterocycles. The number of hydrazine groups is 1. The highest BCUT2D eigenvalue weighted by Gasteiger charge is 2.39. The Morgan fingerprint density at radius 3 is 2.22 bits per heavy atom. The maximum atomic E-state index is 5.54. The van der Waals surface area contributed by atoms with E-state index in [1.54, 1.807) is 4.68 Å². The third kappa shape index (κ3) is 1.23. The second-order valence-electron chi connectivity index (χ2n) is 3.07. The molecule has 0 amide bonds. The van der Waals surface area contributed by atoms with E-state index in [4.69, 9.17) is 5.84 Å². The van der Waals surface area contributed by atoms with E-state index in [2.05, 4.69) is 13.8 Å². The van der Waals surface area contributed by atoms with E-state index >= 15 is 0 Å². The van der Waals surface area contributed by atoms with Gasteiger partial charge in [-0.15, -0.1) is 4.68 Å². The highest BCUT2D eigenvalue weighted by Crippen LogP contribution is 2.38. The second-order valence-corrected chi connectivity index (χ2v) is 3.07. The van der Waals surface area contributed by atoms with E-state index in [0.717, 1.165) is 11.8 Å². The molecule has 1 fully saturated rings. The fourth-order valence-corrected chi connectivity index (χ4v) is 1.17. The molecule has 52 valence electrons. The summed E-state index contributed by atoms with van der Waals surface area (Å²) < 4.78 is 1.73. The van der Waals surface area contributed by atoms with Crippen molar-refractivity contribution in [2.24, 2.45) is 17.7 Å². The van der Waals surface area contributed by atoms with Gasteiger partial charge in [0, 0.05) is 12.8 Å². The fourth-order valence-electron chi connectivity index (χ4n) is 1.17. The number of hydrazone groups is 1. The van der Waals surface area contributed by atoms with Crippen LogP contribution >= 0.6 is 0 Å². The maximum absolute atomic E-state index is 5.54. The predicted molar refractivity (Wildman–Crippen MR) is 38.3 cm³/mol. The van der Waals surface area contributed by atoms with E-state index in [1.165, 1.54) is 12.1 Å². The topological polar surface area (TPSA) is 29.0 Å². The molecule has 0 spiro atoms. The molecule has 2 N–H and O–H groups in total. The van der Waals surface area contributed by atoms with Crippen LogP contribution in [0.5, 0.6) is 0 Å². The number of nitrogens with two attached hydrogens (primary N) is 1. The molecule has 1 rings (SSSR count). The zero-order valence-electron chi connectivity index (χ0n) is 6.39. The Morgan fingerprint density at radius 1 is 1.67 bits per heavy atom. The van der Waals surface area contributed by atoms with E-state index in [-0.39, 0.29) is 0 Å². The van der Waals surface area contributed by atoms with Crippen molar-refractivity contribution in [2.45, 2.75) is 20.3 Å². The quantitative estimate of drug-likeness (QED) is 0.238. The lowest BCUT2D eigenvalue weighted by Gasteiger charge is -1.91. The molecule has 1 saturated carbocycles. The number of hydrogen-bond acceptors (Lipinski definition) is 1. The lowest BCUT2D eigenvalue weighted by molar-refractivity contribution is -0.511. The highest BCUT2D eigenvalue weighted by atomic mass is 15.3. The molecule has 0 saturated heterocycles. The Bertz CT molecular complexity index is 145. The largest absolute Gasteiger partial charge is 0.211 e. The van der Waals surface area contributed by atoms with Crippen LogP contribution in [0.1, 0.15) is 20.3 Å². The highest BCUT2D eigenvalue weighted by molar-refractivity contribution is 5.82. The molecule has 0 aromatic heterocycles. The Morgan fingerprint density at radius 2 is 2.11 bits per heavy atom. The van der Waals surface area contributed by atoms with Gasteiger partial charge in [-0.25, -0.2) is 5.84 Å². The van der Waals surface area contributed by atoms with Crippen LogP contribution in [-0.4, -0.2) is 17.4 Å². The van der Waals surface area contributed by atoms with Crippen LogP contribution < -0.4 is 5.84 Å². The van der Waals surface area contributed by atoms with Crippen LogP contribution in [-0.2, 0) is 0 Å². The molecular formula is C7H15N2+. The van der Waals surface area contributed by atoms with E-state index in [0.29, 0.717) is 0 Å². The first kappa shape index (κ1) is 6.59. The molecule has 2 unspecified atom stereocenters. The molecule has 2 heteroatoms. The number of hydrogen-bond donors (Lipinski definition) is 1. The summed E-state index contributed by atoms with van der Waals surface area (Å²) in [5.74, 6) is 7.18. The third-order valence-corrected chi connectivity index (χ3v) is 2.20. The zero-order valence-corrected chi connectivity index (χ0v) is 6.39. The molecule has 9 heavy (non-hydrogen) atoms. The van der Waals surface area contributed by atoms with Gasteiger partial charge in [-0.1, -0.05) is 6.92 Å². The Labute approximate surface area is 56.3 Å². The summed E-state index contributed by atoms with van der Waals surface area (Å²) in [5.41, 5.74) is 1.32. The summed E-state index contributed by atoms with van der Waals surface area (Å²) in [6.45, 7) is 4.37. The number of rotatable bonds is 1. The standard InChI is InChI=1S/C7H15N2/c1-5-4-7(5)6(2)9(3)8/h5,7H,4,8H2,1-3H3/q+1. The lowest BCUT2D eigenvalue weighted by Crippen LogP contribution is -2.23. The molecule has 0 aromatic rings. The van der Waals surface area contributed by atoms with Gasteiger partial charge in [0.15, 0.2) is 12.8 Å². The normalized spacial score (nSPS) is 35.9. The van der Waals surface area contributed by atoms with Crippen LogP contribution in [0, 0.1) is 11.8 Å². The van der Waals surface area contributed by atoms with Gasteiger partial charge in [-0.3, -0.25) is 0 Å². The van der Waals surface area contributed by atoms with Gasteiger partial charge in [0.2, 0.25) is 0 Å². The van der Waals surface area contributed by atoms with Crippen molar-refractivity contribution in [1.82, 2.24) is 0 Å². The maximum Gasteiger partial charge on any atom is 0.182 e. The van der Waals surface area contributed by atoms with Crippen molar-refractivity contribution in [2.75, 3.05) is 7.05 Å². The first-order valence-corrected chi connectivity index (χ1v) is 3.44. The van der Waals surface area contributed by atoms with Crippen molar-refractivity contribution in [3.05, 3.63) is 0 Å². The Hall–Kier alpha value is -0.530. The van der Waals surface area contributed by atoms with Crippen molar-refractivity contribution in [3.8, 4) is 0 Å². The fraction of sp³-hybridized carbons (Fsp3) is 0.857. The van der Waals surface area contributed by atoms with Crippen LogP contribution in [0.25, 0.3) is 0 Å². The van der Waals surface area contributed by atoms with Crippen LogP contribution in [0.3, 0.4) is 0 Å². The van der Waals surface area contributed by atoms with Crippen molar-refractivity contribution < 1.29 is 4.68 Å². The van der Waals surface area contributed by atoms with Crippen LogP contribution in [0.2, 0.25) is 0 Å². The smallest absolute Gasteiger partial charge is 0.182 e. The van der Waals surface area contributed by atoms with Crippen LogP contribution in [0.15, 0.2) is 0 Å². The van der Waals surface area contributed by atoms with E-state index < -0.39 is 0 Å². The summed E-state index contributed by atoms with van der Waals surface area (Å²) in [6.07, 6.45) is 1.33. The molecule has 2 atom stereocenters. The lowest BCUT2D eigenvalue weighted by atomic mass is 10.2. The molecule has 1 aliphatic rings. The summed E-state index contributed by atoms with van der Waals surface area (Å²) in [5, 5.41) is 0. The first-order valence-electron chi connectivity index (χ1n) is 3.44. The van der Waals surface area contributed by atoms with Crippen molar-refractivity contribution in [3.63, 3.8) is 0 Å². The minimum atomic E-state index is 0.778. The minimum Gasteiger partial charge on any atom is -0.211 e. The molecule has 0 bridgehead atoms. The van der Waals surface area contributed by atoms with Gasteiger partial charge in [0.05, 0.1) is 0 Å². The molecule has 0 aromatic carbocycles.